The summed E-state index contributed by atoms with van der Waals surface area (Å²) in [6.45, 7) is 8.84. The Labute approximate surface area is 113 Å². The van der Waals surface area contributed by atoms with Crippen LogP contribution in [0.25, 0.3) is 11.4 Å². The highest BCUT2D eigenvalue weighted by molar-refractivity contribution is 5.56. The topological polar surface area (TPSA) is 40.7 Å². The van der Waals surface area contributed by atoms with E-state index in [1.54, 1.807) is 19.1 Å². The van der Waals surface area contributed by atoms with Crippen LogP contribution in [-0.4, -0.2) is 15.5 Å². The molecule has 2 rings (SSSR count). The van der Waals surface area contributed by atoms with E-state index in [4.69, 9.17) is 0 Å². The van der Waals surface area contributed by atoms with Gasteiger partial charge < -0.3 is 10.3 Å². The number of aromatic amines is 1. The van der Waals surface area contributed by atoms with E-state index in [1.807, 2.05) is 6.20 Å². The fraction of sp³-hybridized carbons (Fsp3) is 0.400. The minimum atomic E-state index is -0.190. The molecule has 0 saturated heterocycles. The number of aryl methyl sites for hydroxylation is 1. The third-order valence-corrected chi connectivity index (χ3v) is 2.87. The number of H-pyrrole nitrogens is 1. The zero-order valence-electron chi connectivity index (χ0n) is 11.8. The highest BCUT2D eigenvalue weighted by Gasteiger charge is 2.10. The molecular formula is C15H20FN3. The van der Waals surface area contributed by atoms with Gasteiger partial charge in [0.15, 0.2) is 0 Å². The molecule has 0 aliphatic rings. The van der Waals surface area contributed by atoms with Crippen molar-refractivity contribution in [2.24, 2.45) is 0 Å². The lowest BCUT2D eigenvalue weighted by molar-refractivity contribution is 0.422. The van der Waals surface area contributed by atoms with E-state index in [-0.39, 0.29) is 11.4 Å². The maximum Gasteiger partial charge on any atom is 0.137 e. The molecule has 0 aliphatic carbocycles. The molecule has 3 nitrogen and oxygen atoms in total. The Balaban J connectivity index is 2.14. The Morgan fingerprint density at radius 1 is 1.32 bits per heavy atom. The van der Waals surface area contributed by atoms with Crippen LogP contribution in [0.4, 0.5) is 4.39 Å². The average molecular weight is 261 g/mol. The molecule has 0 aliphatic heterocycles. The van der Waals surface area contributed by atoms with Crippen molar-refractivity contribution < 1.29 is 4.39 Å². The second-order valence-electron chi connectivity index (χ2n) is 5.82. The van der Waals surface area contributed by atoms with Crippen molar-refractivity contribution >= 4 is 0 Å². The van der Waals surface area contributed by atoms with Crippen LogP contribution in [0, 0.1) is 12.7 Å². The lowest BCUT2D eigenvalue weighted by Crippen LogP contribution is -2.35. The monoisotopic (exact) mass is 261 g/mol. The number of imidazole rings is 1. The van der Waals surface area contributed by atoms with Crippen LogP contribution in [0.5, 0.6) is 0 Å². The molecule has 1 aromatic heterocycles. The van der Waals surface area contributed by atoms with Crippen LogP contribution in [0.15, 0.2) is 24.4 Å². The van der Waals surface area contributed by atoms with Crippen molar-refractivity contribution in [1.29, 1.82) is 0 Å². The SMILES string of the molecule is Cc1cc(-c2ncc(CNC(C)(C)C)[nH]2)ccc1F. The first-order chi connectivity index (χ1) is 8.85. The summed E-state index contributed by atoms with van der Waals surface area (Å²) < 4.78 is 13.2. The van der Waals surface area contributed by atoms with Crippen molar-refractivity contribution in [3.05, 3.63) is 41.5 Å². The van der Waals surface area contributed by atoms with E-state index in [1.165, 1.54) is 6.07 Å². The third-order valence-electron chi connectivity index (χ3n) is 2.87. The lowest BCUT2D eigenvalue weighted by atomic mass is 10.1. The molecule has 0 spiro atoms. The molecule has 19 heavy (non-hydrogen) atoms. The van der Waals surface area contributed by atoms with Crippen molar-refractivity contribution in [3.63, 3.8) is 0 Å². The Hall–Kier alpha value is -1.68. The Kier molecular flexibility index (Phi) is 3.71. The molecule has 1 aromatic carbocycles. The van der Waals surface area contributed by atoms with Crippen molar-refractivity contribution in [1.82, 2.24) is 15.3 Å². The number of nitrogens with zero attached hydrogens (tertiary/aromatic N) is 1. The van der Waals surface area contributed by atoms with Crippen molar-refractivity contribution in [2.75, 3.05) is 0 Å². The normalized spacial score (nSPS) is 11.8. The van der Waals surface area contributed by atoms with Gasteiger partial charge in [0, 0.05) is 29.5 Å². The van der Waals surface area contributed by atoms with Gasteiger partial charge in [-0.3, -0.25) is 0 Å². The second-order valence-corrected chi connectivity index (χ2v) is 5.82. The van der Waals surface area contributed by atoms with Gasteiger partial charge in [-0.05, 0) is 51.5 Å². The van der Waals surface area contributed by atoms with E-state index in [0.29, 0.717) is 5.56 Å². The summed E-state index contributed by atoms with van der Waals surface area (Å²) in [5.74, 6) is 0.582. The molecular weight excluding hydrogens is 241 g/mol. The average Bonchev–Trinajstić information content (AvgIpc) is 2.78. The molecule has 0 unspecified atom stereocenters. The molecule has 2 N–H and O–H groups in total. The van der Waals surface area contributed by atoms with Gasteiger partial charge in [-0.2, -0.15) is 0 Å². The van der Waals surface area contributed by atoms with E-state index in [2.05, 4.69) is 36.1 Å². The maximum atomic E-state index is 13.2. The fourth-order valence-electron chi connectivity index (χ4n) is 1.75. The van der Waals surface area contributed by atoms with Gasteiger partial charge in [-0.15, -0.1) is 0 Å². The van der Waals surface area contributed by atoms with Crippen molar-refractivity contribution in [3.8, 4) is 11.4 Å². The second kappa shape index (κ2) is 5.13. The third kappa shape index (κ3) is 3.64. The molecule has 4 heteroatoms. The number of rotatable bonds is 3. The number of aromatic nitrogens is 2. The summed E-state index contributed by atoms with van der Waals surface area (Å²) in [6.07, 6.45) is 1.81. The molecule has 0 fully saturated rings. The summed E-state index contributed by atoms with van der Waals surface area (Å²) in [5, 5.41) is 3.39. The van der Waals surface area contributed by atoms with Gasteiger partial charge in [0.1, 0.15) is 11.6 Å². The summed E-state index contributed by atoms with van der Waals surface area (Å²) in [4.78, 5) is 7.59. The largest absolute Gasteiger partial charge is 0.341 e. The number of halogens is 1. The zero-order valence-corrected chi connectivity index (χ0v) is 11.8. The van der Waals surface area contributed by atoms with Crippen LogP contribution in [0.3, 0.4) is 0 Å². The summed E-state index contributed by atoms with van der Waals surface area (Å²) in [5.41, 5.74) is 2.62. The highest BCUT2D eigenvalue weighted by Crippen LogP contribution is 2.19. The molecule has 0 radical (unpaired) electrons. The van der Waals surface area contributed by atoms with E-state index in [0.717, 1.165) is 23.6 Å². The van der Waals surface area contributed by atoms with Gasteiger partial charge in [-0.1, -0.05) is 0 Å². The predicted molar refractivity (Wildman–Crippen MR) is 75.3 cm³/mol. The summed E-state index contributed by atoms with van der Waals surface area (Å²) in [6, 6.07) is 5.01. The Morgan fingerprint density at radius 3 is 2.68 bits per heavy atom. The molecule has 0 bridgehead atoms. The smallest absolute Gasteiger partial charge is 0.137 e. The van der Waals surface area contributed by atoms with Crippen LogP contribution in [0.2, 0.25) is 0 Å². The molecule has 0 saturated carbocycles. The molecule has 1 heterocycles. The van der Waals surface area contributed by atoms with Crippen LogP contribution in [0.1, 0.15) is 32.0 Å². The minimum absolute atomic E-state index is 0.0672. The van der Waals surface area contributed by atoms with Gasteiger partial charge in [0.2, 0.25) is 0 Å². The maximum absolute atomic E-state index is 13.2. The first kappa shape index (κ1) is 13.7. The minimum Gasteiger partial charge on any atom is -0.341 e. The molecule has 0 amide bonds. The Morgan fingerprint density at radius 2 is 2.05 bits per heavy atom. The van der Waals surface area contributed by atoms with Gasteiger partial charge in [0.25, 0.3) is 0 Å². The lowest BCUT2D eigenvalue weighted by Gasteiger charge is -2.19. The van der Waals surface area contributed by atoms with Gasteiger partial charge in [0.05, 0.1) is 0 Å². The standard InChI is InChI=1S/C15H20FN3/c1-10-7-11(5-6-13(10)16)14-17-8-12(19-14)9-18-15(2,3)4/h5-8,18H,9H2,1-4H3,(H,17,19). The quantitative estimate of drug-likeness (QED) is 0.889. The Bertz CT molecular complexity index is 567. The summed E-state index contributed by atoms with van der Waals surface area (Å²) in [7, 11) is 0. The first-order valence-electron chi connectivity index (χ1n) is 6.40. The molecule has 2 aromatic rings. The first-order valence-corrected chi connectivity index (χ1v) is 6.40. The van der Waals surface area contributed by atoms with E-state index in [9.17, 15) is 4.39 Å². The van der Waals surface area contributed by atoms with Gasteiger partial charge in [-0.25, -0.2) is 9.37 Å². The van der Waals surface area contributed by atoms with Crippen LogP contribution >= 0.6 is 0 Å². The van der Waals surface area contributed by atoms with E-state index >= 15 is 0 Å². The number of benzene rings is 1. The predicted octanol–water partition coefficient (Wildman–Crippen LogP) is 3.41. The number of hydrogen-bond acceptors (Lipinski definition) is 2. The van der Waals surface area contributed by atoms with Crippen LogP contribution < -0.4 is 5.32 Å². The zero-order chi connectivity index (χ0) is 14.0. The summed E-state index contributed by atoms with van der Waals surface area (Å²) >= 11 is 0. The number of hydrogen-bond donors (Lipinski definition) is 2. The van der Waals surface area contributed by atoms with Gasteiger partial charge >= 0.3 is 0 Å². The fourth-order valence-corrected chi connectivity index (χ4v) is 1.75. The highest BCUT2D eigenvalue weighted by atomic mass is 19.1. The molecule has 0 atom stereocenters. The van der Waals surface area contributed by atoms with E-state index < -0.39 is 0 Å². The van der Waals surface area contributed by atoms with Crippen LogP contribution in [-0.2, 0) is 6.54 Å². The van der Waals surface area contributed by atoms with Crippen molar-refractivity contribution in [2.45, 2.75) is 39.8 Å². The number of nitrogens with one attached hydrogen (secondary N) is 2. The molecule has 102 valence electrons.